The number of rotatable bonds is 6. The number of nitrogens with one attached hydrogen (secondary N) is 2. The van der Waals surface area contributed by atoms with Crippen LogP contribution in [0.1, 0.15) is 40.2 Å². The van der Waals surface area contributed by atoms with Crippen LogP contribution >= 0.6 is 23.2 Å². The standard InChI is InChI=1S/C17H26Cl2N2O2/c1-11(2)14(10-21-16(22)23-17(3,4)5)20-9-12-7-6-8-13(18)15(12)19/h6-8,11,14,20H,9-10H2,1-5H3,(H,21,22). The number of halogens is 2. The Morgan fingerprint density at radius 3 is 2.48 bits per heavy atom. The summed E-state index contributed by atoms with van der Waals surface area (Å²) in [6, 6.07) is 5.66. The van der Waals surface area contributed by atoms with Crippen LogP contribution in [0.4, 0.5) is 4.79 Å². The highest BCUT2D eigenvalue weighted by Gasteiger charge is 2.19. The van der Waals surface area contributed by atoms with Crippen molar-refractivity contribution in [2.45, 2.75) is 52.8 Å². The van der Waals surface area contributed by atoms with Crippen LogP contribution in [-0.4, -0.2) is 24.3 Å². The molecule has 6 heteroatoms. The van der Waals surface area contributed by atoms with Crippen LogP contribution in [-0.2, 0) is 11.3 Å². The second kappa shape index (κ2) is 8.76. The SMILES string of the molecule is CC(C)C(CNC(=O)OC(C)(C)C)NCc1cccc(Cl)c1Cl. The van der Waals surface area contributed by atoms with Crippen LogP contribution in [0.3, 0.4) is 0 Å². The largest absolute Gasteiger partial charge is 0.444 e. The van der Waals surface area contributed by atoms with Gasteiger partial charge in [0.15, 0.2) is 0 Å². The maximum absolute atomic E-state index is 11.8. The molecule has 0 saturated heterocycles. The summed E-state index contributed by atoms with van der Waals surface area (Å²) < 4.78 is 5.25. The van der Waals surface area contributed by atoms with E-state index in [0.717, 1.165) is 5.56 Å². The first-order valence-corrected chi connectivity index (χ1v) is 8.49. The van der Waals surface area contributed by atoms with Crippen LogP contribution in [0.2, 0.25) is 10.0 Å². The van der Waals surface area contributed by atoms with Gasteiger partial charge in [0, 0.05) is 19.1 Å². The average molecular weight is 361 g/mol. The fourth-order valence-corrected chi connectivity index (χ4v) is 2.36. The lowest BCUT2D eigenvalue weighted by Crippen LogP contribution is -2.45. The number of carbonyl (C=O) groups excluding carboxylic acids is 1. The molecule has 1 rings (SSSR count). The summed E-state index contributed by atoms with van der Waals surface area (Å²) in [7, 11) is 0. The molecule has 1 aromatic rings. The molecule has 23 heavy (non-hydrogen) atoms. The minimum Gasteiger partial charge on any atom is -0.444 e. The third-order valence-corrected chi connectivity index (χ3v) is 4.11. The fraction of sp³-hybridized carbons (Fsp3) is 0.588. The van der Waals surface area contributed by atoms with Gasteiger partial charge in [-0.1, -0.05) is 49.2 Å². The predicted molar refractivity (Wildman–Crippen MR) is 96.2 cm³/mol. The molecule has 0 radical (unpaired) electrons. The van der Waals surface area contributed by atoms with Crippen molar-refractivity contribution < 1.29 is 9.53 Å². The molecule has 0 fully saturated rings. The van der Waals surface area contributed by atoms with E-state index >= 15 is 0 Å². The van der Waals surface area contributed by atoms with Gasteiger partial charge in [0.05, 0.1) is 10.0 Å². The molecule has 0 aliphatic rings. The zero-order valence-electron chi connectivity index (χ0n) is 14.4. The molecule has 0 saturated carbocycles. The summed E-state index contributed by atoms with van der Waals surface area (Å²) in [5.74, 6) is 0.336. The molecular formula is C17H26Cl2N2O2. The summed E-state index contributed by atoms with van der Waals surface area (Å²) in [5.41, 5.74) is 0.432. The van der Waals surface area contributed by atoms with Crippen molar-refractivity contribution in [2.75, 3.05) is 6.54 Å². The highest BCUT2D eigenvalue weighted by atomic mass is 35.5. The van der Waals surface area contributed by atoms with Crippen molar-refractivity contribution >= 4 is 29.3 Å². The molecule has 0 bridgehead atoms. The Kier molecular flexibility index (Phi) is 7.65. The van der Waals surface area contributed by atoms with E-state index in [1.54, 1.807) is 6.07 Å². The Morgan fingerprint density at radius 1 is 1.26 bits per heavy atom. The Hall–Kier alpha value is -0.970. The first-order valence-electron chi connectivity index (χ1n) is 7.73. The Bertz CT molecular complexity index is 528. The van der Waals surface area contributed by atoms with Crippen LogP contribution in [0.15, 0.2) is 18.2 Å². The van der Waals surface area contributed by atoms with Gasteiger partial charge in [-0.25, -0.2) is 4.79 Å². The Balaban J connectivity index is 2.56. The van der Waals surface area contributed by atoms with Gasteiger partial charge in [-0.05, 0) is 38.3 Å². The zero-order valence-corrected chi connectivity index (χ0v) is 15.9. The maximum Gasteiger partial charge on any atom is 0.407 e. The molecule has 1 atom stereocenters. The van der Waals surface area contributed by atoms with Crippen molar-refractivity contribution in [1.82, 2.24) is 10.6 Å². The number of hydrogen-bond donors (Lipinski definition) is 2. The summed E-state index contributed by atoms with van der Waals surface area (Å²) >= 11 is 12.2. The van der Waals surface area contributed by atoms with Crippen molar-refractivity contribution in [3.63, 3.8) is 0 Å². The normalized spacial score (nSPS) is 13.0. The molecule has 0 aliphatic carbocycles. The first-order chi connectivity index (χ1) is 10.6. The van der Waals surface area contributed by atoms with Gasteiger partial charge in [0.25, 0.3) is 0 Å². The zero-order chi connectivity index (χ0) is 17.6. The molecule has 0 aromatic heterocycles. The van der Waals surface area contributed by atoms with Crippen molar-refractivity contribution in [3.8, 4) is 0 Å². The van der Waals surface area contributed by atoms with Crippen molar-refractivity contribution in [2.24, 2.45) is 5.92 Å². The van der Waals surface area contributed by atoms with E-state index in [1.807, 2.05) is 32.9 Å². The van der Waals surface area contributed by atoms with E-state index in [9.17, 15) is 4.79 Å². The number of benzene rings is 1. The molecule has 1 unspecified atom stereocenters. The van der Waals surface area contributed by atoms with Gasteiger partial charge < -0.3 is 15.4 Å². The highest BCUT2D eigenvalue weighted by Crippen LogP contribution is 2.25. The van der Waals surface area contributed by atoms with Gasteiger partial charge in [0.2, 0.25) is 0 Å². The fourth-order valence-electron chi connectivity index (χ4n) is 1.98. The smallest absolute Gasteiger partial charge is 0.407 e. The Labute approximate surface area is 148 Å². The van der Waals surface area contributed by atoms with Gasteiger partial charge in [-0.15, -0.1) is 0 Å². The molecule has 2 N–H and O–H groups in total. The number of carbonyl (C=O) groups is 1. The number of amides is 1. The number of ether oxygens (including phenoxy) is 1. The van der Waals surface area contributed by atoms with Crippen molar-refractivity contribution in [3.05, 3.63) is 33.8 Å². The highest BCUT2D eigenvalue weighted by molar-refractivity contribution is 6.42. The molecule has 0 spiro atoms. The second-order valence-electron chi connectivity index (χ2n) is 6.83. The third-order valence-electron chi connectivity index (χ3n) is 3.26. The molecule has 1 aromatic carbocycles. The van der Waals surface area contributed by atoms with E-state index < -0.39 is 11.7 Å². The second-order valence-corrected chi connectivity index (χ2v) is 7.61. The predicted octanol–water partition coefficient (Wildman–Crippen LogP) is 4.63. The number of alkyl carbamates (subject to hydrolysis) is 1. The van der Waals surface area contributed by atoms with Crippen molar-refractivity contribution in [1.29, 1.82) is 0 Å². The first kappa shape index (κ1) is 20.1. The summed E-state index contributed by atoms with van der Waals surface area (Å²) in [5, 5.41) is 7.31. The maximum atomic E-state index is 11.8. The van der Waals surface area contributed by atoms with E-state index in [2.05, 4.69) is 24.5 Å². The third kappa shape index (κ3) is 7.42. The number of hydrogen-bond acceptors (Lipinski definition) is 3. The van der Waals surface area contributed by atoms with Crippen LogP contribution in [0.25, 0.3) is 0 Å². The quantitative estimate of drug-likeness (QED) is 0.777. The Morgan fingerprint density at radius 2 is 1.91 bits per heavy atom. The lowest BCUT2D eigenvalue weighted by molar-refractivity contribution is 0.0519. The van der Waals surface area contributed by atoms with Crippen LogP contribution in [0.5, 0.6) is 0 Å². The van der Waals surface area contributed by atoms with Gasteiger partial charge in [-0.2, -0.15) is 0 Å². The van der Waals surface area contributed by atoms with E-state index in [1.165, 1.54) is 0 Å². The molecule has 1 amide bonds. The van der Waals surface area contributed by atoms with Crippen LogP contribution < -0.4 is 10.6 Å². The van der Waals surface area contributed by atoms with E-state index in [0.29, 0.717) is 29.1 Å². The average Bonchev–Trinajstić information content (AvgIpc) is 2.40. The molecule has 0 heterocycles. The van der Waals surface area contributed by atoms with Gasteiger partial charge >= 0.3 is 6.09 Å². The molecule has 0 aliphatic heterocycles. The van der Waals surface area contributed by atoms with Gasteiger partial charge in [-0.3, -0.25) is 0 Å². The summed E-state index contributed by atoms with van der Waals surface area (Å²) in [6.07, 6.45) is -0.411. The summed E-state index contributed by atoms with van der Waals surface area (Å²) in [4.78, 5) is 11.8. The monoisotopic (exact) mass is 360 g/mol. The lowest BCUT2D eigenvalue weighted by Gasteiger charge is -2.25. The minimum atomic E-state index is -0.501. The topological polar surface area (TPSA) is 50.4 Å². The summed E-state index contributed by atoms with van der Waals surface area (Å²) in [6.45, 7) is 10.8. The molecule has 4 nitrogen and oxygen atoms in total. The molecular weight excluding hydrogens is 335 g/mol. The van der Waals surface area contributed by atoms with E-state index in [-0.39, 0.29) is 6.04 Å². The van der Waals surface area contributed by atoms with Crippen LogP contribution in [0, 0.1) is 5.92 Å². The lowest BCUT2D eigenvalue weighted by atomic mass is 10.0. The van der Waals surface area contributed by atoms with Gasteiger partial charge in [0.1, 0.15) is 5.60 Å². The minimum absolute atomic E-state index is 0.0950. The van der Waals surface area contributed by atoms with E-state index in [4.69, 9.17) is 27.9 Å². The molecule has 130 valence electrons.